The third-order valence-corrected chi connectivity index (χ3v) is 3.35. The van der Waals surface area contributed by atoms with Crippen molar-refractivity contribution >= 4 is 11.9 Å². The Balaban J connectivity index is 2.93. The van der Waals surface area contributed by atoms with Crippen molar-refractivity contribution < 1.29 is 49.7 Å². The molecule has 0 radical (unpaired) electrons. The summed E-state index contributed by atoms with van der Waals surface area (Å²) < 4.78 is 9.90. The van der Waals surface area contributed by atoms with Gasteiger partial charge in [0.25, 0.3) is 0 Å². The minimum atomic E-state index is -2.31. The second-order valence-electron chi connectivity index (χ2n) is 4.73. The van der Waals surface area contributed by atoms with Crippen LogP contribution in [0.4, 0.5) is 0 Å². The molecule has 1 saturated heterocycles. The molecular formula is C11H19NO10. The monoisotopic (exact) mass is 325 g/mol. The third-order valence-electron chi connectivity index (χ3n) is 3.35. The van der Waals surface area contributed by atoms with E-state index in [4.69, 9.17) is 24.8 Å². The molecule has 128 valence electrons. The predicted molar refractivity (Wildman–Crippen MR) is 66.8 cm³/mol. The zero-order valence-corrected chi connectivity index (χ0v) is 11.6. The summed E-state index contributed by atoms with van der Waals surface area (Å²) in [5.74, 6) is -3.50. The van der Waals surface area contributed by atoms with E-state index in [0.717, 1.165) is 0 Å². The van der Waals surface area contributed by atoms with Crippen molar-refractivity contribution in [2.75, 3.05) is 13.7 Å². The molecule has 1 aliphatic rings. The Morgan fingerprint density at radius 1 is 1.27 bits per heavy atom. The van der Waals surface area contributed by atoms with Crippen LogP contribution in [0.15, 0.2) is 0 Å². The maximum absolute atomic E-state index is 11.0. The van der Waals surface area contributed by atoms with Gasteiger partial charge in [-0.1, -0.05) is 0 Å². The van der Waals surface area contributed by atoms with Gasteiger partial charge < -0.3 is 40.1 Å². The molecule has 7 atom stereocenters. The number of aliphatic hydroxyl groups is 4. The molecule has 22 heavy (non-hydrogen) atoms. The van der Waals surface area contributed by atoms with E-state index in [2.05, 4.69) is 5.32 Å². The smallest absolute Gasteiger partial charge is 0.334 e. The summed E-state index contributed by atoms with van der Waals surface area (Å²) in [6.45, 7) is -0.570. The highest BCUT2D eigenvalue weighted by Gasteiger charge is 2.47. The summed E-state index contributed by atoms with van der Waals surface area (Å²) in [4.78, 5) is 21.7. The van der Waals surface area contributed by atoms with Gasteiger partial charge in [0, 0.05) is 7.11 Å². The number of nitrogens with one attached hydrogen (secondary N) is 1. The average Bonchev–Trinajstić information content (AvgIpc) is 2.45. The Hall–Kier alpha value is -1.34. The van der Waals surface area contributed by atoms with Gasteiger partial charge in [0.2, 0.25) is 0 Å². The average molecular weight is 325 g/mol. The normalized spacial score (nSPS) is 34.9. The van der Waals surface area contributed by atoms with E-state index in [1.165, 1.54) is 7.11 Å². The molecule has 0 saturated carbocycles. The van der Waals surface area contributed by atoms with Crippen LogP contribution in [0, 0.1) is 0 Å². The van der Waals surface area contributed by atoms with Crippen molar-refractivity contribution in [1.29, 1.82) is 0 Å². The number of rotatable bonds is 7. The molecule has 0 aliphatic carbocycles. The molecule has 1 aliphatic heterocycles. The minimum Gasteiger partial charge on any atom is -0.480 e. The molecule has 0 aromatic heterocycles. The lowest BCUT2D eigenvalue weighted by atomic mass is 9.95. The fraction of sp³-hybridized carbons (Fsp3) is 0.818. The molecule has 0 aromatic rings. The van der Waals surface area contributed by atoms with Crippen molar-refractivity contribution in [3.8, 4) is 0 Å². The highest BCUT2D eigenvalue weighted by molar-refractivity contribution is 5.84. The van der Waals surface area contributed by atoms with E-state index >= 15 is 0 Å². The highest BCUT2D eigenvalue weighted by Crippen LogP contribution is 2.22. The van der Waals surface area contributed by atoms with Crippen LogP contribution in [-0.2, 0) is 19.1 Å². The maximum atomic E-state index is 11.0. The number of carboxylic acids is 2. The van der Waals surface area contributed by atoms with Gasteiger partial charge >= 0.3 is 11.9 Å². The Bertz CT molecular complexity index is 404. The number of aliphatic carboxylic acids is 2. The molecule has 0 amide bonds. The van der Waals surface area contributed by atoms with E-state index in [1.54, 1.807) is 0 Å². The van der Waals surface area contributed by atoms with Crippen LogP contribution < -0.4 is 5.32 Å². The van der Waals surface area contributed by atoms with Gasteiger partial charge in [-0.2, -0.15) is 0 Å². The molecule has 1 fully saturated rings. The van der Waals surface area contributed by atoms with Gasteiger partial charge in [0.1, 0.15) is 24.4 Å². The fourth-order valence-electron chi connectivity index (χ4n) is 2.20. The van der Waals surface area contributed by atoms with Gasteiger partial charge in [-0.05, 0) is 0 Å². The van der Waals surface area contributed by atoms with E-state index in [9.17, 15) is 24.9 Å². The van der Waals surface area contributed by atoms with Gasteiger partial charge in [-0.25, -0.2) is 4.79 Å². The van der Waals surface area contributed by atoms with E-state index in [-0.39, 0.29) is 0 Å². The molecule has 0 bridgehead atoms. The topological polar surface area (TPSA) is 186 Å². The van der Waals surface area contributed by atoms with Crippen molar-refractivity contribution in [3.63, 3.8) is 0 Å². The van der Waals surface area contributed by atoms with E-state index in [0.29, 0.717) is 0 Å². The van der Waals surface area contributed by atoms with Crippen molar-refractivity contribution in [3.05, 3.63) is 0 Å². The van der Waals surface area contributed by atoms with E-state index in [1.807, 2.05) is 0 Å². The van der Waals surface area contributed by atoms with Crippen LogP contribution in [0.1, 0.15) is 0 Å². The number of carbonyl (C=O) groups is 2. The minimum absolute atomic E-state index is 0.570. The lowest BCUT2D eigenvalue weighted by Crippen LogP contribution is -2.67. The Morgan fingerprint density at radius 2 is 1.86 bits per heavy atom. The van der Waals surface area contributed by atoms with Gasteiger partial charge in [-0.3, -0.25) is 10.1 Å². The summed E-state index contributed by atoms with van der Waals surface area (Å²) in [6, 6.07) is -3.46. The number of hydrogen-bond donors (Lipinski definition) is 7. The quantitative estimate of drug-likeness (QED) is 0.241. The Morgan fingerprint density at radius 3 is 2.27 bits per heavy atom. The lowest BCUT2D eigenvalue weighted by Gasteiger charge is -2.43. The summed E-state index contributed by atoms with van der Waals surface area (Å²) in [7, 11) is 1.20. The first-order valence-corrected chi connectivity index (χ1v) is 6.29. The maximum Gasteiger partial charge on any atom is 0.334 e. The fourth-order valence-corrected chi connectivity index (χ4v) is 2.20. The van der Waals surface area contributed by atoms with Gasteiger partial charge in [-0.15, -0.1) is 0 Å². The molecule has 0 spiro atoms. The number of methoxy groups -OCH3 is 1. The molecule has 7 unspecified atom stereocenters. The van der Waals surface area contributed by atoms with Crippen molar-refractivity contribution in [2.45, 2.75) is 42.8 Å². The zero-order valence-electron chi connectivity index (χ0n) is 11.6. The summed E-state index contributed by atoms with van der Waals surface area (Å²) in [5, 5.41) is 58.1. The zero-order chi connectivity index (χ0) is 17.0. The van der Waals surface area contributed by atoms with E-state index < -0.39 is 61.3 Å². The second kappa shape index (κ2) is 7.78. The van der Waals surface area contributed by atoms with Crippen LogP contribution in [0.2, 0.25) is 0 Å². The van der Waals surface area contributed by atoms with Gasteiger partial charge in [0.05, 0.1) is 12.6 Å². The lowest BCUT2D eigenvalue weighted by molar-refractivity contribution is -0.261. The number of hydrogen-bond acceptors (Lipinski definition) is 9. The summed E-state index contributed by atoms with van der Waals surface area (Å²) in [5.41, 5.74) is 0. The first-order valence-electron chi connectivity index (χ1n) is 6.29. The highest BCUT2D eigenvalue weighted by atomic mass is 16.6. The summed E-state index contributed by atoms with van der Waals surface area (Å²) in [6.07, 6.45) is -7.73. The van der Waals surface area contributed by atoms with Crippen LogP contribution in [0.25, 0.3) is 0 Å². The summed E-state index contributed by atoms with van der Waals surface area (Å²) >= 11 is 0. The third kappa shape index (κ3) is 3.89. The predicted octanol–water partition coefficient (Wildman–Crippen LogP) is -4.07. The molecule has 1 heterocycles. The SMILES string of the molecule is COC1C(CO)OC(O)C(NC(C(=O)O)C(O)C(=O)O)C1O. The second-order valence-corrected chi connectivity index (χ2v) is 4.73. The van der Waals surface area contributed by atoms with Crippen LogP contribution in [-0.4, -0.2) is 99.1 Å². The molecule has 11 nitrogen and oxygen atoms in total. The Kier molecular flexibility index (Phi) is 6.62. The molecule has 11 heteroatoms. The molecule has 7 N–H and O–H groups in total. The number of ether oxygens (including phenoxy) is 2. The van der Waals surface area contributed by atoms with Crippen LogP contribution in [0.3, 0.4) is 0 Å². The first-order chi connectivity index (χ1) is 10.2. The molecule has 1 rings (SSSR count). The molecule has 0 aromatic carbocycles. The van der Waals surface area contributed by atoms with Crippen molar-refractivity contribution in [1.82, 2.24) is 5.32 Å². The standard InChI is InChI=1S/C11H19NO10/c1-21-8-3(2-13)22-11(20)5(6(8)14)12-4(9(16)17)7(15)10(18)19/h3-8,11-15,20H,2H2,1H3,(H,16,17)(H,18,19). The Labute approximate surface area is 124 Å². The number of carboxylic acid groups (broad SMARTS) is 2. The van der Waals surface area contributed by atoms with Crippen LogP contribution >= 0.6 is 0 Å². The largest absolute Gasteiger partial charge is 0.480 e. The number of aliphatic hydroxyl groups excluding tert-OH is 4. The molecular weight excluding hydrogens is 306 g/mol. The van der Waals surface area contributed by atoms with Crippen LogP contribution in [0.5, 0.6) is 0 Å². The first kappa shape index (κ1) is 18.7. The van der Waals surface area contributed by atoms with Crippen molar-refractivity contribution in [2.24, 2.45) is 0 Å². The van der Waals surface area contributed by atoms with Gasteiger partial charge in [0.15, 0.2) is 12.4 Å².